The van der Waals surface area contributed by atoms with Gasteiger partial charge in [-0.3, -0.25) is 14.4 Å². The predicted molar refractivity (Wildman–Crippen MR) is 200 cm³/mol. The van der Waals surface area contributed by atoms with Gasteiger partial charge in [-0.25, -0.2) is 17.5 Å². The molecule has 3 atom stereocenters. The summed E-state index contributed by atoms with van der Waals surface area (Å²) in [7, 11) is -3.26. The summed E-state index contributed by atoms with van der Waals surface area (Å²) >= 11 is 0. The highest BCUT2D eigenvalue weighted by molar-refractivity contribution is 7.88. The van der Waals surface area contributed by atoms with Crippen LogP contribution in [0.5, 0.6) is 0 Å². The maximum absolute atomic E-state index is 13.9. The fourth-order valence-electron chi connectivity index (χ4n) is 6.64. The van der Waals surface area contributed by atoms with Crippen LogP contribution in [0, 0.1) is 23.6 Å². The molecule has 0 spiro atoms. The molecule has 3 aromatic carbocycles. The van der Waals surface area contributed by atoms with Gasteiger partial charge in [0.2, 0.25) is 15.9 Å². The largest absolute Gasteiger partial charge is 0.458 e. The van der Waals surface area contributed by atoms with Crippen LogP contribution in [0.1, 0.15) is 87.8 Å². The Bertz CT molecular complexity index is 1960. The van der Waals surface area contributed by atoms with Crippen molar-refractivity contribution >= 4 is 33.6 Å². The number of benzene rings is 3. The van der Waals surface area contributed by atoms with E-state index in [1.807, 2.05) is 48.5 Å². The molecule has 0 bridgehead atoms. The minimum absolute atomic E-state index is 0.0782. The monoisotopic (exact) mass is 762 g/mol. The Kier molecular flexibility index (Phi) is 13.0. The van der Waals surface area contributed by atoms with Crippen molar-refractivity contribution in [3.63, 3.8) is 0 Å². The quantitative estimate of drug-likeness (QED) is 0.0919. The molecule has 1 amide bonds. The van der Waals surface area contributed by atoms with Crippen LogP contribution in [0.3, 0.4) is 0 Å². The zero-order chi connectivity index (χ0) is 39.1. The smallest absolute Gasteiger partial charge is 0.303 e. The summed E-state index contributed by atoms with van der Waals surface area (Å²) < 4.78 is 61.7. The maximum atomic E-state index is 13.9. The molecule has 1 N–H and O–H groups in total. The molecule has 2 aliphatic heterocycles. The minimum atomic E-state index is -3.26. The fourth-order valence-corrected chi connectivity index (χ4v) is 7.16. The van der Waals surface area contributed by atoms with E-state index in [1.54, 1.807) is 30.9 Å². The summed E-state index contributed by atoms with van der Waals surface area (Å²) in [6.45, 7) is 6.88. The van der Waals surface area contributed by atoms with Crippen LogP contribution in [-0.2, 0) is 49.8 Å². The highest BCUT2D eigenvalue weighted by Crippen LogP contribution is 2.46. The van der Waals surface area contributed by atoms with Gasteiger partial charge in [-0.05, 0) is 92.6 Å². The molecule has 13 heteroatoms. The molecule has 11 nitrogen and oxygen atoms in total. The molecule has 288 valence electrons. The first kappa shape index (κ1) is 40.6. The van der Waals surface area contributed by atoms with Crippen LogP contribution < -0.4 is 9.62 Å². The lowest BCUT2D eigenvalue weighted by molar-refractivity contribution is -0.303. The lowest BCUT2D eigenvalue weighted by Gasteiger charge is -2.48. The molecule has 0 radical (unpaired) electrons. The van der Waals surface area contributed by atoms with Crippen LogP contribution in [0.2, 0.25) is 0 Å². The number of hydrogen-bond donors (Lipinski definition) is 1. The Morgan fingerprint density at radius 3 is 2.22 bits per heavy atom. The predicted octanol–water partition coefficient (Wildman–Crippen LogP) is 5.92. The number of ether oxygens (including phenoxy) is 4. The number of rotatable bonds is 14. The van der Waals surface area contributed by atoms with E-state index in [9.17, 15) is 27.2 Å². The van der Waals surface area contributed by atoms with Crippen molar-refractivity contribution in [2.24, 2.45) is 5.92 Å². The molecule has 0 unspecified atom stereocenters. The summed E-state index contributed by atoms with van der Waals surface area (Å²) in [6, 6.07) is 20.7. The lowest BCUT2D eigenvalue weighted by atomic mass is 9.78. The molecule has 2 aliphatic rings. The van der Waals surface area contributed by atoms with Gasteiger partial charge in [0.05, 0.1) is 37.9 Å². The Hall–Kier alpha value is -4.61. The van der Waals surface area contributed by atoms with Gasteiger partial charge in [-0.2, -0.15) is 0 Å². The molecule has 0 saturated carbocycles. The van der Waals surface area contributed by atoms with Crippen LogP contribution in [0.15, 0.2) is 72.8 Å². The third-order valence-corrected chi connectivity index (χ3v) is 10.1. The number of anilines is 1. The molecule has 54 heavy (non-hydrogen) atoms. The molecule has 2 saturated heterocycles. The van der Waals surface area contributed by atoms with Crippen molar-refractivity contribution in [1.29, 1.82) is 0 Å². The van der Waals surface area contributed by atoms with E-state index in [1.165, 1.54) is 26.0 Å². The standard InChI is InChI=1S/C41H47FN2O9S/c1-28(45)52-37(32-16-18-34(42)19-17-32)23-22-36-38(44(39(36)47)35-20-12-31(13-21-35)9-7-25-43-54(5,48)49)33-14-10-30(11-15-33)8-6-24-41(53-29(2)46)26-50-40(3,4)51-27-41/h10-21,36-38,43H,7,9,22-27H2,1-5H3/t36-,37+,38-/m1/s1. The van der Waals surface area contributed by atoms with Gasteiger partial charge in [0.15, 0.2) is 11.4 Å². The van der Waals surface area contributed by atoms with Gasteiger partial charge in [-0.15, -0.1) is 0 Å². The van der Waals surface area contributed by atoms with Gasteiger partial charge < -0.3 is 23.8 Å². The minimum Gasteiger partial charge on any atom is -0.458 e. The number of sulfonamides is 1. The van der Waals surface area contributed by atoms with Gasteiger partial charge >= 0.3 is 11.9 Å². The number of carbonyl (C=O) groups excluding carboxylic acids is 3. The van der Waals surface area contributed by atoms with E-state index >= 15 is 0 Å². The van der Waals surface area contributed by atoms with Crippen molar-refractivity contribution in [3.8, 4) is 11.8 Å². The second-order valence-corrected chi connectivity index (χ2v) is 16.1. The fraction of sp³-hybridized carbons (Fsp3) is 0.439. The first-order valence-electron chi connectivity index (χ1n) is 17.9. The molecular weight excluding hydrogens is 716 g/mol. The third kappa shape index (κ3) is 11.0. The number of β-lactam (4-membered cyclic amide) rings is 1. The van der Waals surface area contributed by atoms with E-state index in [4.69, 9.17) is 18.9 Å². The number of amides is 1. The van der Waals surface area contributed by atoms with Gasteiger partial charge in [0, 0.05) is 31.6 Å². The van der Waals surface area contributed by atoms with Crippen LogP contribution in [0.25, 0.3) is 0 Å². The second kappa shape index (κ2) is 17.2. The van der Waals surface area contributed by atoms with Gasteiger partial charge in [-0.1, -0.05) is 48.2 Å². The summed E-state index contributed by atoms with van der Waals surface area (Å²) in [5.41, 5.74) is 2.96. The van der Waals surface area contributed by atoms with Crippen molar-refractivity contribution in [3.05, 3.63) is 101 Å². The maximum Gasteiger partial charge on any atom is 0.303 e. The zero-order valence-electron chi connectivity index (χ0n) is 31.2. The van der Waals surface area contributed by atoms with Crippen LogP contribution >= 0.6 is 0 Å². The van der Waals surface area contributed by atoms with Crippen LogP contribution in [0.4, 0.5) is 10.1 Å². The molecule has 5 rings (SSSR count). The average molecular weight is 763 g/mol. The van der Waals surface area contributed by atoms with E-state index < -0.39 is 51.2 Å². The Labute approximate surface area is 316 Å². The van der Waals surface area contributed by atoms with Crippen molar-refractivity contribution in [2.75, 3.05) is 30.9 Å². The third-order valence-electron chi connectivity index (χ3n) is 9.35. The Balaban J connectivity index is 1.35. The summed E-state index contributed by atoms with van der Waals surface area (Å²) in [4.78, 5) is 39.5. The number of nitrogens with zero attached hydrogens (tertiary/aromatic N) is 1. The number of nitrogens with one attached hydrogen (secondary N) is 1. The number of carbonyl (C=O) groups is 3. The SMILES string of the molecule is CC(=O)O[C@@H](CC[C@H]1C(=O)N(c2ccc(CCCNS(C)(=O)=O)cc2)[C@@H]1c1ccc(C#CCC2(OC(C)=O)COC(C)(C)OC2)cc1)c1ccc(F)cc1. The highest BCUT2D eigenvalue weighted by atomic mass is 32.2. The van der Waals surface area contributed by atoms with E-state index in [-0.39, 0.29) is 31.6 Å². The van der Waals surface area contributed by atoms with Crippen LogP contribution in [-0.4, -0.2) is 63.7 Å². The summed E-state index contributed by atoms with van der Waals surface area (Å²) in [6.07, 6.45) is 2.72. The van der Waals surface area contributed by atoms with Gasteiger partial charge in [0.1, 0.15) is 11.9 Å². The average Bonchev–Trinajstić information content (AvgIpc) is 3.10. The topological polar surface area (TPSA) is 138 Å². The number of hydrogen-bond acceptors (Lipinski definition) is 9. The molecule has 3 aromatic rings. The van der Waals surface area contributed by atoms with Crippen molar-refractivity contribution < 1.29 is 46.1 Å². The molecular formula is C41H47FN2O9S. The van der Waals surface area contributed by atoms with E-state index in [0.717, 1.165) is 22.9 Å². The second-order valence-electron chi connectivity index (χ2n) is 14.3. The number of aryl methyl sites for hydroxylation is 1. The molecule has 0 aliphatic carbocycles. The molecule has 2 heterocycles. The van der Waals surface area contributed by atoms with E-state index in [2.05, 4.69) is 16.6 Å². The lowest BCUT2D eigenvalue weighted by Crippen LogP contribution is -2.55. The zero-order valence-corrected chi connectivity index (χ0v) is 32.0. The molecule has 2 fully saturated rings. The first-order chi connectivity index (χ1) is 25.5. The van der Waals surface area contributed by atoms with Crippen molar-refractivity contribution in [2.45, 2.75) is 83.3 Å². The normalized spacial score (nSPS) is 19.5. The summed E-state index contributed by atoms with van der Waals surface area (Å²) in [5.74, 6) is 3.65. The first-order valence-corrected chi connectivity index (χ1v) is 19.8. The Morgan fingerprint density at radius 1 is 0.981 bits per heavy atom. The highest BCUT2D eigenvalue weighted by Gasteiger charge is 2.48. The van der Waals surface area contributed by atoms with Crippen molar-refractivity contribution in [1.82, 2.24) is 4.72 Å². The van der Waals surface area contributed by atoms with Gasteiger partial charge in [0.25, 0.3) is 0 Å². The molecule has 0 aromatic heterocycles. The summed E-state index contributed by atoms with van der Waals surface area (Å²) in [5, 5.41) is 0. The Morgan fingerprint density at radius 2 is 1.63 bits per heavy atom. The number of halogens is 1. The number of esters is 2. The van der Waals surface area contributed by atoms with E-state index in [0.29, 0.717) is 43.5 Å².